The smallest absolute Gasteiger partial charge is 0.298 e. The van der Waals surface area contributed by atoms with Crippen molar-refractivity contribution in [2.75, 3.05) is 39.4 Å². The minimum atomic E-state index is -4.32. The van der Waals surface area contributed by atoms with Gasteiger partial charge in [0.1, 0.15) is 6.67 Å². The van der Waals surface area contributed by atoms with Gasteiger partial charge in [-0.25, -0.2) is 4.39 Å². The molecule has 2 nitrogen and oxygen atoms in total. The molecule has 22 heavy (non-hydrogen) atoms. The molecule has 0 atom stereocenters. The van der Waals surface area contributed by atoms with Crippen LogP contribution in [0.1, 0.15) is 23.6 Å². The Bertz CT molecular complexity index is 480. The fourth-order valence-corrected chi connectivity index (χ4v) is 2.78. The molecule has 0 radical (unpaired) electrons. The van der Waals surface area contributed by atoms with E-state index in [0.29, 0.717) is 56.8 Å². The van der Waals surface area contributed by atoms with Crippen molar-refractivity contribution in [1.82, 2.24) is 9.80 Å². The first-order valence-electron chi connectivity index (χ1n) is 7.63. The third-order valence-electron chi connectivity index (χ3n) is 4.15. The molecular formula is C16H22F4N2. The van der Waals surface area contributed by atoms with Crippen molar-refractivity contribution in [3.63, 3.8) is 0 Å². The van der Waals surface area contributed by atoms with Crippen LogP contribution in [0.3, 0.4) is 0 Å². The lowest BCUT2D eigenvalue weighted by atomic mass is 10.0. The van der Waals surface area contributed by atoms with Crippen LogP contribution in [0.5, 0.6) is 0 Å². The van der Waals surface area contributed by atoms with Crippen LogP contribution < -0.4 is 0 Å². The standard InChI is InChI=1S/C16H22F4N2/c1-2-13-3-4-14(15(11-13)16(18,19)20)12-22-9-7-21(6-5-17)8-10-22/h3-4,11H,2,5-10,12H2,1H3. The van der Waals surface area contributed by atoms with Gasteiger partial charge < -0.3 is 0 Å². The summed E-state index contributed by atoms with van der Waals surface area (Å²) in [5.41, 5.74) is 0.491. The van der Waals surface area contributed by atoms with E-state index in [-0.39, 0.29) is 6.67 Å². The Balaban J connectivity index is 2.07. The van der Waals surface area contributed by atoms with E-state index in [9.17, 15) is 17.6 Å². The number of nitrogens with zero attached hydrogens (tertiary/aromatic N) is 2. The molecule has 1 aliphatic rings. The molecule has 2 rings (SSSR count). The Labute approximate surface area is 128 Å². The molecular weight excluding hydrogens is 296 g/mol. The number of piperazine rings is 1. The zero-order valence-electron chi connectivity index (χ0n) is 12.8. The van der Waals surface area contributed by atoms with Crippen LogP contribution in [-0.4, -0.2) is 49.2 Å². The number of alkyl halides is 4. The van der Waals surface area contributed by atoms with Crippen LogP contribution in [-0.2, 0) is 19.1 Å². The highest BCUT2D eigenvalue weighted by Crippen LogP contribution is 2.33. The molecule has 1 aliphatic heterocycles. The number of hydrogen-bond acceptors (Lipinski definition) is 2. The number of halogens is 4. The van der Waals surface area contributed by atoms with Crippen LogP contribution >= 0.6 is 0 Å². The van der Waals surface area contributed by atoms with E-state index in [2.05, 4.69) is 0 Å². The van der Waals surface area contributed by atoms with E-state index in [0.717, 1.165) is 0 Å². The van der Waals surface area contributed by atoms with E-state index in [1.165, 1.54) is 6.07 Å². The van der Waals surface area contributed by atoms with Crippen molar-refractivity contribution in [2.45, 2.75) is 26.1 Å². The van der Waals surface area contributed by atoms with Gasteiger partial charge in [-0.1, -0.05) is 19.1 Å². The third-order valence-corrected chi connectivity index (χ3v) is 4.15. The fraction of sp³-hybridized carbons (Fsp3) is 0.625. The lowest BCUT2D eigenvalue weighted by Gasteiger charge is -2.34. The van der Waals surface area contributed by atoms with Crippen molar-refractivity contribution in [1.29, 1.82) is 0 Å². The molecule has 0 aromatic heterocycles. The Morgan fingerprint density at radius 3 is 2.23 bits per heavy atom. The summed E-state index contributed by atoms with van der Waals surface area (Å²) in [7, 11) is 0. The molecule has 6 heteroatoms. The lowest BCUT2D eigenvalue weighted by molar-refractivity contribution is -0.138. The minimum Gasteiger partial charge on any atom is -0.298 e. The van der Waals surface area contributed by atoms with E-state index in [1.807, 2.05) is 16.7 Å². The Kier molecular flexibility index (Phi) is 5.81. The number of hydrogen-bond donors (Lipinski definition) is 0. The highest BCUT2D eigenvalue weighted by Gasteiger charge is 2.34. The van der Waals surface area contributed by atoms with Gasteiger partial charge >= 0.3 is 6.18 Å². The molecule has 0 N–H and O–H groups in total. The first-order valence-corrected chi connectivity index (χ1v) is 7.63. The maximum Gasteiger partial charge on any atom is 0.416 e. The predicted molar refractivity (Wildman–Crippen MR) is 78.5 cm³/mol. The van der Waals surface area contributed by atoms with Gasteiger partial charge in [-0.15, -0.1) is 0 Å². The van der Waals surface area contributed by atoms with E-state index in [1.54, 1.807) is 12.1 Å². The topological polar surface area (TPSA) is 6.48 Å². The Morgan fingerprint density at radius 2 is 1.68 bits per heavy atom. The third kappa shape index (κ3) is 4.43. The summed E-state index contributed by atoms with van der Waals surface area (Å²) in [5, 5.41) is 0. The maximum absolute atomic E-state index is 13.2. The SMILES string of the molecule is CCc1ccc(CN2CCN(CCF)CC2)c(C(F)(F)F)c1. The maximum atomic E-state index is 13.2. The number of benzene rings is 1. The normalized spacial score (nSPS) is 17.9. The van der Waals surface area contributed by atoms with Gasteiger partial charge in [-0.05, 0) is 23.6 Å². The van der Waals surface area contributed by atoms with Crippen molar-refractivity contribution < 1.29 is 17.6 Å². The van der Waals surface area contributed by atoms with Gasteiger partial charge in [-0.2, -0.15) is 13.2 Å². The summed E-state index contributed by atoms with van der Waals surface area (Å²) in [6.45, 7) is 4.93. The molecule has 1 heterocycles. The summed E-state index contributed by atoms with van der Waals surface area (Å²) in [5.74, 6) is 0. The van der Waals surface area contributed by atoms with E-state index in [4.69, 9.17) is 0 Å². The summed E-state index contributed by atoms with van der Waals surface area (Å²) in [6, 6.07) is 4.62. The van der Waals surface area contributed by atoms with Gasteiger partial charge in [0, 0.05) is 39.3 Å². The average molecular weight is 318 g/mol. The molecule has 124 valence electrons. The minimum absolute atomic E-state index is 0.294. The zero-order chi connectivity index (χ0) is 16.2. The van der Waals surface area contributed by atoms with Crippen molar-refractivity contribution in [3.05, 3.63) is 34.9 Å². The predicted octanol–water partition coefficient (Wildman–Crippen LogP) is 3.35. The molecule has 1 saturated heterocycles. The van der Waals surface area contributed by atoms with Crippen LogP contribution in [0.4, 0.5) is 17.6 Å². The fourth-order valence-electron chi connectivity index (χ4n) is 2.78. The quantitative estimate of drug-likeness (QED) is 0.768. The Hall–Kier alpha value is -1.14. The second-order valence-electron chi connectivity index (χ2n) is 5.65. The monoisotopic (exact) mass is 318 g/mol. The summed E-state index contributed by atoms with van der Waals surface area (Å²) in [6.07, 6.45) is -3.73. The molecule has 0 amide bonds. The van der Waals surface area contributed by atoms with Gasteiger partial charge in [0.25, 0.3) is 0 Å². The molecule has 0 aliphatic carbocycles. The molecule has 1 aromatic rings. The number of aryl methyl sites for hydroxylation is 1. The lowest BCUT2D eigenvalue weighted by Crippen LogP contribution is -2.46. The van der Waals surface area contributed by atoms with Crippen LogP contribution in [0.2, 0.25) is 0 Å². The van der Waals surface area contributed by atoms with Crippen molar-refractivity contribution in [2.24, 2.45) is 0 Å². The molecule has 0 spiro atoms. The molecule has 1 fully saturated rings. The second-order valence-corrected chi connectivity index (χ2v) is 5.65. The molecule has 1 aromatic carbocycles. The van der Waals surface area contributed by atoms with E-state index < -0.39 is 11.7 Å². The summed E-state index contributed by atoms with van der Waals surface area (Å²) < 4.78 is 51.9. The summed E-state index contributed by atoms with van der Waals surface area (Å²) >= 11 is 0. The highest BCUT2D eigenvalue weighted by atomic mass is 19.4. The largest absolute Gasteiger partial charge is 0.416 e. The number of rotatable bonds is 5. The first-order chi connectivity index (χ1) is 10.4. The van der Waals surface area contributed by atoms with Crippen LogP contribution in [0.15, 0.2) is 18.2 Å². The van der Waals surface area contributed by atoms with Gasteiger partial charge in [-0.3, -0.25) is 9.80 Å². The van der Waals surface area contributed by atoms with Gasteiger partial charge in [0.2, 0.25) is 0 Å². The van der Waals surface area contributed by atoms with E-state index >= 15 is 0 Å². The molecule has 0 bridgehead atoms. The van der Waals surface area contributed by atoms with Crippen molar-refractivity contribution in [3.8, 4) is 0 Å². The summed E-state index contributed by atoms with van der Waals surface area (Å²) in [4.78, 5) is 4.01. The Morgan fingerprint density at radius 1 is 1.05 bits per heavy atom. The van der Waals surface area contributed by atoms with Crippen molar-refractivity contribution >= 4 is 0 Å². The van der Waals surface area contributed by atoms with Crippen LogP contribution in [0, 0.1) is 0 Å². The molecule has 0 unspecified atom stereocenters. The first kappa shape index (κ1) is 17.2. The van der Waals surface area contributed by atoms with Crippen LogP contribution in [0.25, 0.3) is 0 Å². The molecule has 0 saturated carbocycles. The van der Waals surface area contributed by atoms with Gasteiger partial charge in [0.15, 0.2) is 0 Å². The zero-order valence-corrected chi connectivity index (χ0v) is 12.8. The average Bonchev–Trinajstić information content (AvgIpc) is 2.49. The van der Waals surface area contributed by atoms with Gasteiger partial charge in [0.05, 0.1) is 5.56 Å². The second kappa shape index (κ2) is 7.42. The highest BCUT2D eigenvalue weighted by molar-refractivity contribution is 5.34.